The largest absolute Gasteiger partial charge is 0.207 e. The summed E-state index contributed by atoms with van der Waals surface area (Å²) in [4.78, 5) is 0. The minimum Gasteiger partial charge on any atom is -0.207 e. The maximum atomic E-state index is 13.0. The molecule has 0 aliphatic carbocycles. The molecule has 1 heteroatoms. The molecule has 1 aromatic rings. The monoisotopic (exact) mass is 178 g/mol. The van der Waals surface area contributed by atoms with Crippen molar-refractivity contribution < 1.29 is 4.39 Å². The summed E-state index contributed by atoms with van der Waals surface area (Å²) in [5.41, 5.74) is 1.93. The first-order chi connectivity index (χ1) is 6.26. The van der Waals surface area contributed by atoms with Gasteiger partial charge < -0.3 is 0 Å². The fraction of sp³-hybridized carbons (Fsp3) is 0.333. The van der Waals surface area contributed by atoms with Crippen LogP contribution in [0.4, 0.5) is 4.39 Å². The number of hydrogen-bond acceptors (Lipinski definition) is 0. The van der Waals surface area contributed by atoms with Gasteiger partial charge >= 0.3 is 0 Å². The van der Waals surface area contributed by atoms with Crippen molar-refractivity contribution in [3.63, 3.8) is 0 Å². The second kappa shape index (κ2) is 4.80. The third kappa shape index (κ3) is 3.02. The lowest BCUT2D eigenvalue weighted by atomic mass is 10.1. The van der Waals surface area contributed by atoms with E-state index in [1.54, 1.807) is 12.1 Å². The molecule has 13 heavy (non-hydrogen) atoms. The molecule has 0 aliphatic rings. The molecule has 70 valence electrons. The molecular formula is C12H15F. The van der Waals surface area contributed by atoms with Crippen LogP contribution in [0.2, 0.25) is 0 Å². The number of hydrogen-bond donors (Lipinski definition) is 0. The van der Waals surface area contributed by atoms with Crippen LogP contribution in [-0.2, 0) is 6.42 Å². The summed E-state index contributed by atoms with van der Waals surface area (Å²) in [6.07, 6.45) is 4.88. The van der Waals surface area contributed by atoms with Crippen LogP contribution in [0.25, 0.3) is 6.08 Å². The Morgan fingerprint density at radius 1 is 1.38 bits per heavy atom. The van der Waals surface area contributed by atoms with Gasteiger partial charge in [0, 0.05) is 0 Å². The number of aryl methyl sites for hydroxylation is 1. The van der Waals surface area contributed by atoms with E-state index in [9.17, 15) is 4.39 Å². The van der Waals surface area contributed by atoms with E-state index in [2.05, 4.69) is 13.5 Å². The lowest BCUT2D eigenvalue weighted by Crippen LogP contribution is -1.88. The summed E-state index contributed by atoms with van der Waals surface area (Å²) < 4.78 is 13.0. The second-order valence-corrected chi connectivity index (χ2v) is 3.20. The lowest BCUT2D eigenvalue weighted by Gasteiger charge is -2.02. The first-order valence-corrected chi connectivity index (χ1v) is 4.68. The Morgan fingerprint density at radius 3 is 2.77 bits per heavy atom. The first-order valence-electron chi connectivity index (χ1n) is 4.68. The van der Waals surface area contributed by atoms with Crippen LogP contribution in [0, 0.1) is 5.82 Å². The van der Waals surface area contributed by atoms with E-state index >= 15 is 0 Å². The van der Waals surface area contributed by atoms with E-state index in [1.807, 2.05) is 6.07 Å². The van der Waals surface area contributed by atoms with E-state index in [4.69, 9.17) is 0 Å². The van der Waals surface area contributed by atoms with E-state index in [0.717, 1.165) is 30.4 Å². The van der Waals surface area contributed by atoms with Gasteiger partial charge in [-0.05, 0) is 36.1 Å². The average molecular weight is 178 g/mol. The van der Waals surface area contributed by atoms with Crippen LogP contribution in [0.5, 0.6) is 0 Å². The highest BCUT2D eigenvalue weighted by molar-refractivity contribution is 5.48. The highest BCUT2D eigenvalue weighted by Gasteiger charge is 1.97. The molecule has 0 saturated carbocycles. The molecule has 0 aromatic heterocycles. The van der Waals surface area contributed by atoms with Gasteiger partial charge in [0.05, 0.1) is 0 Å². The summed E-state index contributed by atoms with van der Waals surface area (Å²) in [5, 5.41) is 0. The third-order valence-electron chi connectivity index (χ3n) is 2.03. The van der Waals surface area contributed by atoms with Crippen LogP contribution in [0.15, 0.2) is 24.8 Å². The van der Waals surface area contributed by atoms with Crippen molar-refractivity contribution in [1.29, 1.82) is 0 Å². The van der Waals surface area contributed by atoms with Gasteiger partial charge in [-0.15, -0.1) is 0 Å². The quantitative estimate of drug-likeness (QED) is 0.657. The Bertz CT molecular complexity index is 289. The molecule has 0 N–H and O–H groups in total. The van der Waals surface area contributed by atoms with Crippen molar-refractivity contribution in [2.24, 2.45) is 0 Å². The van der Waals surface area contributed by atoms with Crippen LogP contribution >= 0.6 is 0 Å². The smallest absolute Gasteiger partial charge is 0.124 e. The molecule has 0 heterocycles. The van der Waals surface area contributed by atoms with Crippen LogP contribution < -0.4 is 0 Å². The van der Waals surface area contributed by atoms with Crippen molar-refractivity contribution in [3.8, 4) is 0 Å². The van der Waals surface area contributed by atoms with Gasteiger partial charge in [-0.3, -0.25) is 0 Å². The van der Waals surface area contributed by atoms with E-state index < -0.39 is 0 Å². The normalized spacial score (nSPS) is 10.0. The molecule has 0 bridgehead atoms. The molecule has 0 amide bonds. The zero-order chi connectivity index (χ0) is 9.68. The van der Waals surface area contributed by atoms with E-state index in [-0.39, 0.29) is 5.82 Å². The van der Waals surface area contributed by atoms with E-state index in [1.165, 1.54) is 6.07 Å². The van der Waals surface area contributed by atoms with E-state index in [0.29, 0.717) is 0 Å². The average Bonchev–Trinajstić information content (AvgIpc) is 2.14. The van der Waals surface area contributed by atoms with Gasteiger partial charge in [0.1, 0.15) is 5.82 Å². The topological polar surface area (TPSA) is 0 Å². The molecule has 0 atom stereocenters. The molecule has 0 fully saturated rings. The van der Waals surface area contributed by atoms with Gasteiger partial charge in [-0.2, -0.15) is 0 Å². The zero-order valence-electron chi connectivity index (χ0n) is 8.02. The van der Waals surface area contributed by atoms with Gasteiger partial charge in [-0.25, -0.2) is 4.39 Å². The fourth-order valence-electron chi connectivity index (χ4n) is 1.32. The van der Waals surface area contributed by atoms with Crippen molar-refractivity contribution >= 4 is 6.08 Å². The number of benzene rings is 1. The Hall–Kier alpha value is -1.11. The van der Waals surface area contributed by atoms with Gasteiger partial charge in [0.2, 0.25) is 0 Å². The molecule has 1 rings (SSSR count). The number of unbranched alkanes of at least 4 members (excludes halogenated alkanes) is 1. The summed E-state index contributed by atoms with van der Waals surface area (Å²) in [6, 6.07) is 5.09. The highest BCUT2D eigenvalue weighted by Crippen LogP contribution is 2.12. The minimum absolute atomic E-state index is 0.163. The maximum absolute atomic E-state index is 13.0. The molecular weight excluding hydrogens is 163 g/mol. The Labute approximate surface area is 79.1 Å². The van der Waals surface area contributed by atoms with Crippen LogP contribution in [-0.4, -0.2) is 0 Å². The maximum Gasteiger partial charge on any atom is 0.124 e. The van der Waals surface area contributed by atoms with Crippen LogP contribution in [0.1, 0.15) is 30.9 Å². The molecule has 1 aromatic carbocycles. The number of halogens is 1. The number of rotatable bonds is 4. The summed E-state index contributed by atoms with van der Waals surface area (Å²) >= 11 is 0. The SMILES string of the molecule is C=Cc1cc(F)cc(CCCC)c1. The van der Waals surface area contributed by atoms with Gasteiger partial charge in [0.15, 0.2) is 0 Å². The predicted molar refractivity (Wildman–Crippen MR) is 55.1 cm³/mol. The van der Waals surface area contributed by atoms with Crippen LogP contribution in [0.3, 0.4) is 0 Å². The Balaban J connectivity index is 2.81. The Kier molecular flexibility index (Phi) is 3.69. The van der Waals surface area contributed by atoms with Gasteiger partial charge in [-0.1, -0.05) is 32.1 Å². The molecule has 0 aliphatic heterocycles. The van der Waals surface area contributed by atoms with Crippen molar-refractivity contribution in [2.45, 2.75) is 26.2 Å². The fourth-order valence-corrected chi connectivity index (χ4v) is 1.32. The lowest BCUT2D eigenvalue weighted by molar-refractivity contribution is 0.624. The third-order valence-corrected chi connectivity index (χ3v) is 2.03. The summed E-state index contributed by atoms with van der Waals surface area (Å²) in [5.74, 6) is -0.163. The second-order valence-electron chi connectivity index (χ2n) is 3.20. The Morgan fingerprint density at radius 2 is 2.15 bits per heavy atom. The molecule has 0 nitrogen and oxygen atoms in total. The molecule has 0 spiro atoms. The predicted octanol–water partition coefficient (Wildman–Crippen LogP) is 3.81. The summed E-state index contributed by atoms with van der Waals surface area (Å²) in [6.45, 7) is 5.76. The molecule has 0 unspecified atom stereocenters. The zero-order valence-corrected chi connectivity index (χ0v) is 8.02. The van der Waals surface area contributed by atoms with Crippen molar-refractivity contribution in [1.82, 2.24) is 0 Å². The first kappa shape index (κ1) is 9.97. The van der Waals surface area contributed by atoms with Crippen molar-refractivity contribution in [3.05, 3.63) is 41.7 Å². The summed E-state index contributed by atoms with van der Waals surface area (Å²) in [7, 11) is 0. The molecule has 0 saturated heterocycles. The highest BCUT2D eigenvalue weighted by atomic mass is 19.1. The van der Waals surface area contributed by atoms with Crippen molar-refractivity contribution in [2.75, 3.05) is 0 Å². The standard InChI is InChI=1S/C12H15F/c1-3-5-6-11-7-10(4-2)8-12(13)9-11/h4,7-9H,2-3,5-6H2,1H3. The molecule has 0 radical (unpaired) electrons. The van der Waals surface area contributed by atoms with Gasteiger partial charge in [0.25, 0.3) is 0 Å². The minimum atomic E-state index is -0.163.